The van der Waals surface area contributed by atoms with Gasteiger partial charge in [-0.15, -0.1) is 0 Å². The number of hydrogen-bond acceptors (Lipinski definition) is 4. The van der Waals surface area contributed by atoms with Crippen molar-refractivity contribution >= 4 is 6.09 Å². The van der Waals surface area contributed by atoms with E-state index >= 15 is 0 Å². The van der Waals surface area contributed by atoms with Crippen LogP contribution in [-0.4, -0.2) is 23.9 Å². The van der Waals surface area contributed by atoms with Crippen LogP contribution in [0, 0.1) is 5.82 Å². The first-order valence-electron chi connectivity index (χ1n) is 5.51. The van der Waals surface area contributed by atoms with Crippen molar-refractivity contribution < 1.29 is 23.8 Å². The molecule has 0 fully saturated rings. The van der Waals surface area contributed by atoms with E-state index in [-0.39, 0.29) is 19.3 Å². The number of rotatable bonds is 6. The first-order chi connectivity index (χ1) is 8.52. The standard InChI is InChI=1S/C12H16FNO4/c1-8(4-5-17-12(14)16)18-11-3-2-10(13)6-9(11)7-15/h2-3,6,8,15H,4-5,7H2,1H3,(H2,14,16). The molecular weight excluding hydrogens is 241 g/mol. The zero-order valence-corrected chi connectivity index (χ0v) is 10.1. The number of halogens is 1. The summed E-state index contributed by atoms with van der Waals surface area (Å²) >= 11 is 0. The molecule has 3 N–H and O–H groups in total. The molecule has 0 bridgehead atoms. The molecule has 5 nitrogen and oxygen atoms in total. The largest absolute Gasteiger partial charge is 0.490 e. The van der Waals surface area contributed by atoms with Crippen LogP contribution in [0.25, 0.3) is 0 Å². The molecule has 1 unspecified atom stereocenters. The molecule has 0 spiro atoms. The average molecular weight is 257 g/mol. The Bertz CT molecular complexity index is 411. The predicted octanol–water partition coefficient (Wildman–Crippen LogP) is 1.57. The van der Waals surface area contributed by atoms with Crippen LogP contribution in [0.5, 0.6) is 5.75 Å². The highest BCUT2D eigenvalue weighted by Crippen LogP contribution is 2.21. The summed E-state index contributed by atoms with van der Waals surface area (Å²) in [5.74, 6) is -0.0263. The van der Waals surface area contributed by atoms with Crippen LogP contribution in [0.3, 0.4) is 0 Å². The summed E-state index contributed by atoms with van der Waals surface area (Å²) in [6, 6.07) is 3.91. The zero-order valence-electron chi connectivity index (χ0n) is 10.1. The Kier molecular flexibility index (Phi) is 5.38. The van der Waals surface area contributed by atoms with Gasteiger partial charge in [0, 0.05) is 12.0 Å². The highest BCUT2D eigenvalue weighted by Gasteiger charge is 2.09. The molecule has 100 valence electrons. The van der Waals surface area contributed by atoms with Crippen LogP contribution in [0.1, 0.15) is 18.9 Å². The molecule has 0 aromatic heterocycles. The van der Waals surface area contributed by atoms with Gasteiger partial charge in [0.25, 0.3) is 0 Å². The van der Waals surface area contributed by atoms with Gasteiger partial charge in [-0.3, -0.25) is 0 Å². The van der Waals surface area contributed by atoms with Crippen LogP contribution in [-0.2, 0) is 11.3 Å². The molecule has 0 aliphatic rings. The smallest absolute Gasteiger partial charge is 0.404 e. The summed E-state index contributed by atoms with van der Waals surface area (Å²) in [6.07, 6.45) is -0.634. The molecule has 0 aliphatic carbocycles. The quantitative estimate of drug-likeness (QED) is 0.810. The van der Waals surface area contributed by atoms with Gasteiger partial charge in [0.05, 0.1) is 19.3 Å². The van der Waals surface area contributed by atoms with Gasteiger partial charge < -0.3 is 20.3 Å². The number of carbonyl (C=O) groups is 1. The average Bonchev–Trinajstić information content (AvgIpc) is 2.31. The second-order valence-electron chi connectivity index (χ2n) is 3.79. The van der Waals surface area contributed by atoms with Gasteiger partial charge in [0.1, 0.15) is 11.6 Å². The number of hydrogen-bond donors (Lipinski definition) is 2. The highest BCUT2D eigenvalue weighted by molar-refractivity contribution is 5.64. The first kappa shape index (κ1) is 14.2. The SMILES string of the molecule is CC(CCOC(N)=O)Oc1ccc(F)cc1CO. The summed E-state index contributed by atoms with van der Waals surface area (Å²) in [6.45, 7) is 1.61. The van der Waals surface area contributed by atoms with Crippen LogP contribution >= 0.6 is 0 Å². The summed E-state index contributed by atoms with van der Waals surface area (Å²) in [7, 11) is 0. The molecule has 1 aromatic rings. The van der Waals surface area contributed by atoms with Gasteiger partial charge >= 0.3 is 6.09 Å². The maximum Gasteiger partial charge on any atom is 0.404 e. The predicted molar refractivity (Wildman–Crippen MR) is 62.6 cm³/mol. The molecule has 1 amide bonds. The van der Waals surface area contributed by atoms with Gasteiger partial charge in [-0.1, -0.05) is 0 Å². The Morgan fingerprint density at radius 2 is 2.28 bits per heavy atom. The lowest BCUT2D eigenvalue weighted by Gasteiger charge is -2.16. The van der Waals surface area contributed by atoms with Gasteiger partial charge in [-0.25, -0.2) is 9.18 Å². The Hall–Kier alpha value is -1.82. The highest BCUT2D eigenvalue weighted by atomic mass is 19.1. The van der Waals surface area contributed by atoms with Crippen LogP contribution in [0.2, 0.25) is 0 Å². The molecule has 1 atom stereocenters. The molecule has 18 heavy (non-hydrogen) atoms. The molecular formula is C12H16FNO4. The van der Waals surface area contributed by atoms with Gasteiger partial charge in [-0.2, -0.15) is 0 Å². The summed E-state index contributed by atoms with van der Waals surface area (Å²) < 4.78 is 23.0. The topological polar surface area (TPSA) is 81.8 Å². The number of primary amides is 1. The van der Waals surface area contributed by atoms with E-state index in [1.165, 1.54) is 18.2 Å². The minimum Gasteiger partial charge on any atom is -0.490 e. The van der Waals surface area contributed by atoms with Crippen molar-refractivity contribution in [2.24, 2.45) is 5.73 Å². The van der Waals surface area contributed by atoms with Gasteiger partial charge in [0.15, 0.2) is 0 Å². The molecule has 0 saturated heterocycles. The lowest BCUT2D eigenvalue weighted by atomic mass is 10.2. The summed E-state index contributed by atoms with van der Waals surface area (Å²) in [4.78, 5) is 10.4. The van der Waals surface area contributed by atoms with Crippen molar-refractivity contribution in [2.75, 3.05) is 6.61 Å². The fraction of sp³-hybridized carbons (Fsp3) is 0.417. The molecule has 6 heteroatoms. The molecule has 0 saturated carbocycles. The third-order valence-electron chi connectivity index (χ3n) is 2.29. The Morgan fingerprint density at radius 3 is 2.89 bits per heavy atom. The number of benzene rings is 1. The van der Waals surface area contributed by atoms with Crippen LogP contribution in [0.15, 0.2) is 18.2 Å². The number of nitrogens with two attached hydrogens (primary N) is 1. The fourth-order valence-corrected chi connectivity index (χ4v) is 1.39. The van der Waals surface area contributed by atoms with E-state index < -0.39 is 11.9 Å². The summed E-state index contributed by atoms with van der Waals surface area (Å²) in [5.41, 5.74) is 5.19. The van der Waals surface area contributed by atoms with Crippen molar-refractivity contribution in [3.63, 3.8) is 0 Å². The van der Waals surface area contributed by atoms with Crippen molar-refractivity contribution in [3.8, 4) is 5.75 Å². The van der Waals surface area contributed by atoms with E-state index in [1.807, 2.05) is 0 Å². The number of amides is 1. The van der Waals surface area contributed by atoms with Gasteiger partial charge in [-0.05, 0) is 25.1 Å². The van der Waals surface area contributed by atoms with E-state index in [4.69, 9.17) is 15.6 Å². The zero-order chi connectivity index (χ0) is 13.5. The number of aliphatic hydroxyl groups is 1. The summed E-state index contributed by atoms with van der Waals surface area (Å²) in [5, 5.41) is 9.07. The van der Waals surface area contributed by atoms with Crippen LogP contribution in [0.4, 0.5) is 9.18 Å². The third-order valence-corrected chi connectivity index (χ3v) is 2.29. The minimum atomic E-state index is -0.833. The number of aliphatic hydroxyl groups excluding tert-OH is 1. The van der Waals surface area contributed by atoms with Crippen molar-refractivity contribution in [3.05, 3.63) is 29.6 Å². The molecule has 0 radical (unpaired) electrons. The maximum atomic E-state index is 12.9. The van der Waals surface area contributed by atoms with E-state index in [9.17, 15) is 9.18 Å². The number of ether oxygens (including phenoxy) is 2. The minimum absolute atomic E-state index is 0.145. The Morgan fingerprint density at radius 1 is 1.56 bits per heavy atom. The molecule has 0 aliphatic heterocycles. The molecule has 1 aromatic carbocycles. The van der Waals surface area contributed by atoms with E-state index in [0.29, 0.717) is 17.7 Å². The normalized spacial score (nSPS) is 11.9. The van der Waals surface area contributed by atoms with E-state index in [2.05, 4.69) is 4.74 Å². The maximum absolute atomic E-state index is 12.9. The van der Waals surface area contributed by atoms with Gasteiger partial charge in [0.2, 0.25) is 0 Å². The second kappa shape index (κ2) is 6.80. The first-order valence-corrected chi connectivity index (χ1v) is 5.51. The lowest BCUT2D eigenvalue weighted by Crippen LogP contribution is -2.19. The van der Waals surface area contributed by atoms with Crippen LogP contribution < -0.4 is 10.5 Å². The lowest BCUT2D eigenvalue weighted by molar-refractivity contribution is 0.127. The number of carbonyl (C=O) groups excluding carboxylic acids is 1. The van der Waals surface area contributed by atoms with Crippen molar-refractivity contribution in [1.82, 2.24) is 0 Å². The second-order valence-corrected chi connectivity index (χ2v) is 3.79. The molecule has 1 rings (SSSR count). The van der Waals surface area contributed by atoms with Crippen molar-refractivity contribution in [2.45, 2.75) is 26.1 Å². The monoisotopic (exact) mass is 257 g/mol. The third kappa shape index (κ3) is 4.58. The van der Waals surface area contributed by atoms with Crippen molar-refractivity contribution in [1.29, 1.82) is 0 Å². The van der Waals surface area contributed by atoms with E-state index in [1.54, 1.807) is 6.92 Å². The fourth-order valence-electron chi connectivity index (χ4n) is 1.39. The molecule has 0 heterocycles. The Labute approximate surface area is 104 Å². The Balaban J connectivity index is 2.53. The van der Waals surface area contributed by atoms with E-state index in [0.717, 1.165) is 0 Å².